The molecule has 2 rings (SSSR count). The Morgan fingerprint density at radius 3 is 2.36 bits per heavy atom. The second-order valence-corrected chi connectivity index (χ2v) is 5.70. The maximum Gasteiger partial charge on any atom is 0.254 e. The second-order valence-electron chi connectivity index (χ2n) is 5.70. The van der Waals surface area contributed by atoms with Crippen molar-refractivity contribution < 1.29 is 14.3 Å². The van der Waals surface area contributed by atoms with Gasteiger partial charge < -0.3 is 15.0 Å². The van der Waals surface area contributed by atoms with Gasteiger partial charge in [-0.05, 0) is 43.3 Å². The lowest BCUT2D eigenvalue weighted by molar-refractivity contribution is -0.116. The van der Waals surface area contributed by atoms with E-state index in [1.807, 2.05) is 31.2 Å². The summed E-state index contributed by atoms with van der Waals surface area (Å²) in [5.41, 5.74) is 2.32. The second kappa shape index (κ2) is 8.68. The lowest BCUT2D eigenvalue weighted by Crippen LogP contribution is -2.34. The average molecular weight is 338 g/mol. The van der Waals surface area contributed by atoms with Crippen molar-refractivity contribution in [2.24, 2.45) is 0 Å². The summed E-state index contributed by atoms with van der Waals surface area (Å²) >= 11 is 0. The van der Waals surface area contributed by atoms with Crippen LogP contribution in [-0.4, -0.2) is 36.9 Å². The Balaban J connectivity index is 1.91. The number of carbonyl (C=O) groups is 2. The Bertz CT molecular complexity index is 737. The minimum absolute atomic E-state index is 0.0264. The zero-order valence-electron chi connectivity index (χ0n) is 14.5. The van der Waals surface area contributed by atoms with Gasteiger partial charge in [0.1, 0.15) is 12.4 Å². The maximum atomic E-state index is 12.4. The minimum atomic E-state index is -0.245. The topological polar surface area (TPSA) is 58.6 Å². The molecule has 1 N–H and O–H groups in total. The largest absolute Gasteiger partial charge is 0.490 e. The summed E-state index contributed by atoms with van der Waals surface area (Å²) in [6.45, 7) is 5.94. The van der Waals surface area contributed by atoms with E-state index in [9.17, 15) is 9.59 Å². The molecule has 0 aliphatic rings. The molecule has 25 heavy (non-hydrogen) atoms. The number of nitrogens with one attached hydrogen (secondary N) is 1. The van der Waals surface area contributed by atoms with Crippen LogP contribution in [0.1, 0.15) is 15.9 Å². The van der Waals surface area contributed by atoms with Gasteiger partial charge in [-0.1, -0.05) is 30.4 Å². The van der Waals surface area contributed by atoms with Crippen LogP contribution >= 0.6 is 0 Å². The molecule has 0 aliphatic heterocycles. The van der Waals surface area contributed by atoms with Crippen LogP contribution in [-0.2, 0) is 4.79 Å². The van der Waals surface area contributed by atoms with Crippen LogP contribution in [0.5, 0.6) is 5.75 Å². The highest BCUT2D eigenvalue weighted by atomic mass is 16.5. The van der Waals surface area contributed by atoms with Crippen molar-refractivity contribution in [1.82, 2.24) is 4.90 Å². The molecular formula is C20H22N2O3. The molecule has 2 amide bonds. The maximum absolute atomic E-state index is 12.4. The number of anilines is 1. The summed E-state index contributed by atoms with van der Waals surface area (Å²) in [5, 5.41) is 2.78. The first-order valence-electron chi connectivity index (χ1n) is 7.95. The van der Waals surface area contributed by atoms with Gasteiger partial charge in [0.2, 0.25) is 5.91 Å². The summed E-state index contributed by atoms with van der Waals surface area (Å²) in [6, 6.07) is 14.3. The van der Waals surface area contributed by atoms with E-state index in [1.165, 1.54) is 4.90 Å². The van der Waals surface area contributed by atoms with Gasteiger partial charge in [-0.25, -0.2) is 0 Å². The molecule has 0 spiro atoms. The first-order chi connectivity index (χ1) is 12.0. The van der Waals surface area contributed by atoms with E-state index in [2.05, 4.69) is 11.9 Å². The molecule has 2 aromatic rings. The summed E-state index contributed by atoms with van der Waals surface area (Å²) < 4.78 is 5.38. The highest BCUT2D eigenvalue weighted by Gasteiger charge is 2.15. The number of carbonyl (C=O) groups excluding carboxylic acids is 2. The molecule has 0 saturated heterocycles. The number of benzene rings is 2. The first kappa shape index (κ1) is 18.3. The molecule has 5 heteroatoms. The van der Waals surface area contributed by atoms with Crippen LogP contribution in [0, 0.1) is 6.92 Å². The number of amides is 2. The first-order valence-corrected chi connectivity index (χ1v) is 7.95. The van der Waals surface area contributed by atoms with Gasteiger partial charge in [-0.2, -0.15) is 0 Å². The van der Waals surface area contributed by atoms with Crippen molar-refractivity contribution in [3.05, 3.63) is 72.3 Å². The van der Waals surface area contributed by atoms with Crippen molar-refractivity contribution in [1.29, 1.82) is 0 Å². The molecule has 0 unspecified atom stereocenters. The number of aryl methyl sites for hydroxylation is 1. The van der Waals surface area contributed by atoms with E-state index < -0.39 is 0 Å². The smallest absolute Gasteiger partial charge is 0.254 e. The van der Waals surface area contributed by atoms with E-state index in [1.54, 1.807) is 37.4 Å². The molecule has 5 nitrogen and oxygen atoms in total. The van der Waals surface area contributed by atoms with Crippen LogP contribution in [0.25, 0.3) is 0 Å². The lowest BCUT2D eigenvalue weighted by atomic mass is 10.2. The van der Waals surface area contributed by atoms with Crippen LogP contribution < -0.4 is 10.1 Å². The fraction of sp³-hybridized carbons (Fsp3) is 0.200. The molecule has 0 saturated carbocycles. The van der Waals surface area contributed by atoms with E-state index >= 15 is 0 Å². The summed E-state index contributed by atoms with van der Waals surface area (Å²) in [7, 11) is 1.60. The number of ether oxygens (including phenoxy) is 1. The number of rotatable bonds is 7. The van der Waals surface area contributed by atoms with Crippen LogP contribution in [0.2, 0.25) is 0 Å². The molecular weight excluding hydrogens is 316 g/mol. The molecule has 0 atom stereocenters. The number of hydrogen-bond donors (Lipinski definition) is 1. The van der Waals surface area contributed by atoms with E-state index in [0.717, 1.165) is 5.56 Å². The molecule has 0 heterocycles. The fourth-order valence-electron chi connectivity index (χ4n) is 2.19. The van der Waals surface area contributed by atoms with Gasteiger partial charge in [0.15, 0.2) is 0 Å². The van der Waals surface area contributed by atoms with Crippen molar-refractivity contribution in [3.8, 4) is 5.75 Å². The van der Waals surface area contributed by atoms with Crippen molar-refractivity contribution in [2.45, 2.75) is 6.92 Å². The highest BCUT2D eigenvalue weighted by molar-refractivity contribution is 5.99. The summed E-state index contributed by atoms with van der Waals surface area (Å²) in [6.07, 6.45) is 1.65. The number of hydrogen-bond acceptors (Lipinski definition) is 3. The third-order valence-electron chi connectivity index (χ3n) is 3.53. The van der Waals surface area contributed by atoms with Crippen LogP contribution in [0.3, 0.4) is 0 Å². The van der Waals surface area contributed by atoms with Crippen LogP contribution in [0.15, 0.2) is 61.2 Å². The zero-order chi connectivity index (χ0) is 18.2. The Labute approximate surface area is 147 Å². The average Bonchev–Trinajstić information content (AvgIpc) is 2.61. The van der Waals surface area contributed by atoms with Crippen molar-refractivity contribution >= 4 is 17.5 Å². The third kappa shape index (κ3) is 5.49. The standard InChI is InChI=1S/C20H22N2O3/c1-4-13-25-18-11-7-16(8-12-18)20(24)22(3)14-19(23)21-17-9-5-15(2)6-10-17/h4-12H,1,13-14H2,2-3H3,(H,21,23). The zero-order valence-corrected chi connectivity index (χ0v) is 14.5. The summed E-state index contributed by atoms with van der Waals surface area (Å²) in [4.78, 5) is 25.9. The molecule has 0 aromatic heterocycles. The van der Waals surface area contributed by atoms with Gasteiger partial charge in [0.05, 0.1) is 6.54 Å². The normalized spacial score (nSPS) is 10.0. The molecule has 0 fully saturated rings. The Kier molecular flexibility index (Phi) is 6.34. The SMILES string of the molecule is C=CCOc1ccc(C(=O)N(C)CC(=O)Nc2ccc(C)cc2)cc1. The third-order valence-corrected chi connectivity index (χ3v) is 3.53. The van der Waals surface area contributed by atoms with Gasteiger partial charge >= 0.3 is 0 Å². The van der Waals surface area contributed by atoms with E-state index in [0.29, 0.717) is 23.6 Å². The van der Waals surface area contributed by atoms with Gasteiger partial charge in [-0.3, -0.25) is 9.59 Å². The van der Waals surface area contributed by atoms with Crippen molar-refractivity contribution in [3.63, 3.8) is 0 Å². The summed E-state index contributed by atoms with van der Waals surface area (Å²) in [5.74, 6) is 0.191. The lowest BCUT2D eigenvalue weighted by Gasteiger charge is -2.17. The van der Waals surface area contributed by atoms with Crippen molar-refractivity contribution in [2.75, 3.05) is 25.5 Å². The number of nitrogens with zero attached hydrogens (tertiary/aromatic N) is 1. The molecule has 0 radical (unpaired) electrons. The quantitative estimate of drug-likeness (QED) is 0.788. The predicted molar refractivity (Wildman–Crippen MR) is 98.9 cm³/mol. The molecule has 2 aromatic carbocycles. The molecule has 0 aliphatic carbocycles. The van der Waals surface area contributed by atoms with E-state index in [-0.39, 0.29) is 18.4 Å². The molecule has 0 bridgehead atoms. The van der Waals surface area contributed by atoms with E-state index in [4.69, 9.17) is 4.74 Å². The minimum Gasteiger partial charge on any atom is -0.490 e. The monoisotopic (exact) mass is 338 g/mol. The fourth-order valence-corrected chi connectivity index (χ4v) is 2.19. The van der Waals surface area contributed by atoms with Crippen LogP contribution in [0.4, 0.5) is 5.69 Å². The Morgan fingerprint density at radius 1 is 1.12 bits per heavy atom. The highest BCUT2D eigenvalue weighted by Crippen LogP contribution is 2.14. The van der Waals surface area contributed by atoms with Gasteiger partial charge in [0.25, 0.3) is 5.91 Å². The predicted octanol–water partition coefficient (Wildman–Crippen LogP) is 3.27. The van der Waals surface area contributed by atoms with Gasteiger partial charge in [0, 0.05) is 18.3 Å². The van der Waals surface area contributed by atoms with Gasteiger partial charge in [-0.15, -0.1) is 0 Å². The Morgan fingerprint density at radius 2 is 1.76 bits per heavy atom. The molecule has 130 valence electrons. The number of likely N-dealkylation sites (N-methyl/N-ethyl adjacent to an activating group) is 1. The Hall–Kier alpha value is -3.08.